The van der Waals surface area contributed by atoms with Gasteiger partial charge in [0.15, 0.2) is 0 Å². The summed E-state index contributed by atoms with van der Waals surface area (Å²) in [6.45, 7) is 5.40. The van der Waals surface area contributed by atoms with Crippen molar-refractivity contribution >= 4 is 24.4 Å². The van der Waals surface area contributed by atoms with Gasteiger partial charge in [-0.1, -0.05) is 48.5 Å². The van der Waals surface area contributed by atoms with E-state index in [0.29, 0.717) is 0 Å². The molecule has 2 aromatic rings. The molecule has 1 saturated heterocycles. The first kappa shape index (κ1) is 23.5. The molecule has 0 saturated carbocycles. The standard InChI is InChI=1S/C26H28N2O6/c1-26(2,3)34-24(31)27-13-16-12-22(23(29)30)28(14-16)25(32)33-15-21-19-10-6-4-8-17(19)18-9-5-7-11-20(18)21/h4-11,13,16,21-22H,12,14-15H2,1-3H3,(H,29,30)/b27-13+/t16?,22-/m0/s1. The average Bonchev–Trinajstić information content (AvgIpc) is 3.35. The van der Waals surface area contributed by atoms with Crippen LogP contribution in [0.2, 0.25) is 0 Å². The van der Waals surface area contributed by atoms with Crippen LogP contribution >= 0.6 is 0 Å². The summed E-state index contributed by atoms with van der Waals surface area (Å²) in [7, 11) is 0. The van der Waals surface area contributed by atoms with Crippen molar-refractivity contribution in [1.29, 1.82) is 0 Å². The normalized spacial score (nSPS) is 19.7. The second-order valence-corrected chi connectivity index (χ2v) is 9.56. The Labute approximate surface area is 198 Å². The molecule has 2 amide bonds. The van der Waals surface area contributed by atoms with Crippen LogP contribution in [0.4, 0.5) is 9.59 Å². The molecule has 34 heavy (non-hydrogen) atoms. The Hall–Kier alpha value is -3.68. The van der Waals surface area contributed by atoms with Gasteiger partial charge < -0.3 is 14.6 Å². The van der Waals surface area contributed by atoms with E-state index in [0.717, 1.165) is 22.3 Å². The van der Waals surface area contributed by atoms with E-state index in [2.05, 4.69) is 4.99 Å². The zero-order valence-electron chi connectivity index (χ0n) is 19.4. The molecule has 0 spiro atoms. The molecule has 1 N–H and O–H groups in total. The smallest absolute Gasteiger partial charge is 0.433 e. The second-order valence-electron chi connectivity index (χ2n) is 9.56. The fourth-order valence-electron chi connectivity index (χ4n) is 4.54. The topological polar surface area (TPSA) is 105 Å². The van der Waals surface area contributed by atoms with E-state index < -0.39 is 35.7 Å². The minimum atomic E-state index is -1.12. The number of carboxylic acids is 1. The lowest BCUT2D eigenvalue weighted by molar-refractivity contribution is -0.141. The van der Waals surface area contributed by atoms with Crippen LogP contribution in [0.15, 0.2) is 53.5 Å². The summed E-state index contributed by atoms with van der Waals surface area (Å²) in [6.07, 6.45) is 0.0634. The number of aliphatic carboxylic acids is 1. The number of ether oxygens (including phenoxy) is 2. The third-order valence-electron chi connectivity index (χ3n) is 5.97. The number of nitrogens with zero attached hydrogens (tertiary/aromatic N) is 2. The Morgan fingerprint density at radius 1 is 1.06 bits per heavy atom. The highest BCUT2D eigenvalue weighted by Gasteiger charge is 2.41. The predicted molar refractivity (Wildman–Crippen MR) is 126 cm³/mol. The molecular weight excluding hydrogens is 436 g/mol. The van der Waals surface area contributed by atoms with E-state index in [1.54, 1.807) is 20.8 Å². The lowest BCUT2D eigenvalue weighted by atomic mass is 9.98. The van der Waals surface area contributed by atoms with Crippen LogP contribution in [0, 0.1) is 5.92 Å². The highest BCUT2D eigenvalue weighted by Crippen LogP contribution is 2.44. The summed E-state index contributed by atoms with van der Waals surface area (Å²) in [6, 6.07) is 14.9. The number of rotatable bonds is 4. The SMILES string of the molecule is CC(C)(C)OC(=O)/N=C/C1C[C@@H](C(=O)O)N(C(=O)OCC2c3ccccc3-c3ccccc32)C1. The van der Waals surface area contributed by atoms with Crippen molar-refractivity contribution in [2.24, 2.45) is 10.9 Å². The van der Waals surface area contributed by atoms with Crippen LogP contribution in [0.5, 0.6) is 0 Å². The zero-order chi connectivity index (χ0) is 24.5. The van der Waals surface area contributed by atoms with E-state index >= 15 is 0 Å². The van der Waals surface area contributed by atoms with Gasteiger partial charge in [-0.2, -0.15) is 4.99 Å². The van der Waals surface area contributed by atoms with Crippen LogP contribution < -0.4 is 0 Å². The Kier molecular flexibility index (Phi) is 6.41. The number of carbonyl (C=O) groups excluding carboxylic acids is 2. The first-order valence-electron chi connectivity index (χ1n) is 11.3. The molecular formula is C26H28N2O6. The highest BCUT2D eigenvalue weighted by molar-refractivity contribution is 5.85. The van der Waals surface area contributed by atoms with Crippen molar-refractivity contribution in [3.8, 4) is 11.1 Å². The number of carboxylic acid groups (broad SMARTS) is 1. The molecule has 0 bridgehead atoms. The molecule has 2 atom stereocenters. The molecule has 0 aromatic heterocycles. The van der Waals surface area contributed by atoms with Crippen LogP contribution in [-0.4, -0.2) is 59.2 Å². The molecule has 0 radical (unpaired) electrons. The van der Waals surface area contributed by atoms with Crippen LogP contribution in [-0.2, 0) is 14.3 Å². The van der Waals surface area contributed by atoms with E-state index in [4.69, 9.17) is 9.47 Å². The molecule has 2 aromatic carbocycles. The summed E-state index contributed by atoms with van der Waals surface area (Å²) in [5, 5.41) is 9.64. The zero-order valence-corrected chi connectivity index (χ0v) is 19.4. The second kappa shape index (κ2) is 9.29. The number of likely N-dealkylation sites (tertiary alicyclic amines) is 1. The molecule has 8 nitrogen and oxygen atoms in total. The molecule has 1 heterocycles. The van der Waals surface area contributed by atoms with Crippen molar-refractivity contribution in [3.63, 3.8) is 0 Å². The molecule has 1 aliphatic heterocycles. The van der Waals surface area contributed by atoms with E-state index in [9.17, 15) is 19.5 Å². The third kappa shape index (κ3) is 4.95. The van der Waals surface area contributed by atoms with Gasteiger partial charge in [-0.25, -0.2) is 14.4 Å². The molecule has 1 fully saturated rings. The van der Waals surface area contributed by atoms with Crippen LogP contribution in [0.1, 0.15) is 44.2 Å². The lowest BCUT2D eigenvalue weighted by Gasteiger charge is -2.22. The van der Waals surface area contributed by atoms with Gasteiger partial charge >= 0.3 is 18.2 Å². The van der Waals surface area contributed by atoms with E-state index in [1.807, 2.05) is 48.5 Å². The number of aliphatic imine (C=N–C) groups is 1. The molecule has 1 aliphatic carbocycles. The highest BCUT2D eigenvalue weighted by atomic mass is 16.6. The molecule has 4 rings (SSSR count). The maximum absolute atomic E-state index is 12.9. The van der Waals surface area contributed by atoms with Crippen molar-refractivity contribution < 1.29 is 29.0 Å². The number of benzene rings is 2. The number of hydrogen-bond donors (Lipinski definition) is 1. The van der Waals surface area contributed by atoms with E-state index in [1.165, 1.54) is 11.1 Å². The van der Waals surface area contributed by atoms with Crippen LogP contribution in [0.25, 0.3) is 11.1 Å². The monoisotopic (exact) mass is 464 g/mol. The fraction of sp³-hybridized carbons (Fsp3) is 0.385. The first-order valence-corrected chi connectivity index (χ1v) is 11.3. The van der Waals surface area contributed by atoms with E-state index in [-0.39, 0.29) is 25.5 Å². The Morgan fingerprint density at radius 3 is 2.21 bits per heavy atom. The van der Waals surface area contributed by atoms with Gasteiger partial charge in [-0.3, -0.25) is 4.90 Å². The first-order chi connectivity index (χ1) is 16.1. The fourth-order valence-corrected chi connectivity index (χ4v) is 4.54. The molecule has 1 unspecified atom stereocenters. The third-order valence-corrected chi connectivity index (χ3v) is 5.97. The number of hydrogen-bond acceptors (Lipinski definition) is 5. The minimum absolute atomic E-state index is 0.0972. The summed E-state index contributed by atoms with van der Waals surface area (Å²) in [5.41, 5.74) is 3.70. The Bertz CT molecular complexity index is 1090. The predicted octanol–water partition coefficient (Wildman–Crippen LogP) is 4.72. The van der Waals surface area contributed by atoms with Crippen molar-refractivity contribution in [2.45, 2.75) is 44.8 Å². The molecule has 2 aliphatic rings. The van der Waals surface area contributed by atoms with Crippen molar-refractivity contribution in [3.05, 3.63) is 59.7 Å². The molecule has 8 heteroatoms. The molecule has 178 valence electrons. The van der Waals surface area contributed by atoms with Gasteiger partial charge in [-0.15, -0.1) is 0 Å². The maximum atomic E-state index is 12.9. The Morgan fingerprint density at radius 2 is 1.65 bits per heavy atom. The van der Waals surface area contributed by atoms with Crippen molar-refractivity contribution in [2.75, 3.05) is 13.2 Å². The van der Waals surface area contributed by atoms with Gasteiger partial charge in [0, 0.05) is 24.6 Å². The summed E-state index contributed by atoms with van der Waals surface area (Å²) < 4.78 is 10.8. The summed E-state index contributed by atoms with van der Waals surface area (Å²) in [5.74, 6) is -1.64. The largest absolute Gasteiger partial charge is 0.480 e. The van der Waals surface area contributed by atoms with Crippen LogP contribution in [0.3, 0.4) is 0 Å². The Balaban J connectivity index is 1.43. The van der Waals surface area contributed by atoms with Gasteiger partial charge in [0.1, 0.15) is 18.2 Å². The van der Waals surface area contributed by atoms with Gasteiger partial charge in [-0.05, 0) is 49.4 Å². The van der Waals surface area contributed by atoms with Gasteiger partial charge in [0.05, 0.1) is 0 Å². The minimum Gasteiger partial charge on any atom is -0.480 e. The lowest BCUT2D eigenvalue weighted by Crippen LogP contribution is -2.41. The quantitative estimate of drug-likeness (QED) is 0.657. The number of fused-ring (bicyclic) bond motifs is 3. The summed E-state index contributed by atoms with van der Waals surface area (Å²) >= 11 is 0. The number of amides is 2. The summed E-state index contributed by atoms with van der Waals surface area (Å²) in [4.78, 5) is 41.5. The average molecular weight is 465 g/mol. The van der Waals surface area contributed by atoms with Crippen molar-refractivity contribution in [1.82, 2.24) is 4.90 Å². The number of carbonyl (C=O) groups is 3. The van der Waals surface area contributed by atoms with Gasteiger partial charge in [0.25, 0.3) is 0 Å². The maximum Gasteiger partial charge on any atom is 0.433 e. The van der Waals surface area contributed by atoms with Gasteiger partial charge in [0.2, 0.25) is 0 Å².